The Bertz CT molecular complexity index is 1100. The van der Waals surface area contributed by atoms with Crippen LogP contribution in [-0.4, -0.2) is 36.4 Å². The van der Waals surface area contributed by atoms with Gasteiger partial charge in [-0.05, 0) is 43.9 Å². The Morgan fingerprint density at radius 3 is 3.04 bits per heavy atom. The Labute approximate surface area is 162 Å². The fraction of sp³-hybridized carbons (Fsp3) is 0.300. The number of H-pyrrole nitrogens is 1. The second kappa shape index (κ2) is 6.95. The minimum atomic E-state index is 0.491. The van der Waals surface area contributed by atoms with Crippen molar-refractivity contribution in [3.05, 3.63) is 60.4 Å². The van der Waals surface area contributed by atoms with Gasteiger partial charge in [-0.2, -0.15) is 10.2 Å². The summed E-state index contributed by atoms with van der Waals surface area (Å²) in [5, 5.41) is 15.0. The average molecular weight is 375 g/mol. The molecule has 142 valence electrons. The minimum absolute atomic E-state index is 0.491. The van der Waals surface area contributed by atoms with Crippen LogP contribution in [0, 0.1) is 12.8 Å². The van der Waals surface area contributed by atoms with Gasteiger partial charge < -0.3 is 10.1 Å². The predicted octanol–water partition coefficient (Wildman–Crippen LogP) is 3.47. The van der Waals surface area contributed by atoms with Crippen molar-refractivity contribution in [2.24, 2.45) is 5.92 Å². The van der Waals surface area contributed by atoms with Crippen molar-refractivity contribution in [3.8, 4) is 5.75 Å². The normalized spacial score (nSPS) is 18.8. The first-order valence-corrected chi connectivity index (χ1v) is 9.41. The minimum Gasteiger partial charge on any atom is -0.491 e. The summed E-state index contributed by atoms with van der Waals surface area (Å²) in [5.74, 6) is 3.43. The first kappa shape index (κ1) is 16.7. The van der Waals surface area contributed by atoms with Crippen LogP contribution in [0.3, 0.4) is 0 Å². The van der Waals surface area contributed by atoms with E-state index in [0.717, 1.165) is 53.7 Å². The number of rotatable bonds is 6. The fourth-order valence-electron chi connectivity index (χ4n) is 3.64. The van der Waals surface area contributed by atoms with Gasteiger partial charge in [0.25, 0.3) is 0 Å². The molecule has 0 unspecified atom stereocenters. The molecule has 0 aromatic carbocycles. The quantitative estimate of drug-likeness (QED) is 0.536. The molecule has 1 aliphatic carbocycles. The Balaban J connectivity index is 1.18. The van der Waals surface area contributed by atoms with E-state index in [1.165, 1.54) is 0 Å². The lowest BCUT2D eigenvalue weighted by molar-refractivity contribution is 0.155. The SMILES string of the molecule is Cc1ncccc1OCC1CC(c2cc(Nc3nccn4nccc34)n[nH]2)C1. The van der Waals surface area contributed by atoms with Crippen LogP contribution in [0.5, 0.6) is 5.75 Å². The molecule has 1 aliphatic rings. The first-order chi connectivity index (χ1) is 13.8. The molecule has 5 rings (SSSR count). The highest BCUT2D eigenvalue weighted by Crippen LogP contribution is 2.41. The number of nitrogens with one attached hydrogen (secondary N) is 2. The third-order valence-corrected chi connectivity index (χ3v) is 5.28. The Morgan fingerprint density at radius 2 is 2.14 bits per heavy atom. The van der Waals surface area contributed by atoms with Gasteiger partial charge in [-0.3, -0.25) is 10.1 Å². The molecule has 1 saturated carbocycles. The third kappa shape index (κ3) is 3.17. The van der Waals surface area contributed by atoms with Gasteiger partial charge in [0.15, 0.2) is 11.6 Å². The molecule has 4 heterocycles. The van der Waals surface area contributed by atoms with Crippen molar-refractivity contribution in [2.75, 3.05) is 11.9 Å². The van der Waals surface area contributed by atoms with Crippen LogP contribution in [0.2, 0.25) is 0 Å². The van der Waals surface area contributed by atoms with E-state index in [4.69, 9.17) is 4.74 Å². The van der Waals surface area contributed by atoms with E-state index < -0.39 is 0 Å². The second-order valence-electron chi connectivity index (χ2n) is 7.20. The molecule has 4 aromatic rings. The molecule has 0 aliphatic heterocycles. The number of aromatic amines is 1. The molecule has 8 nitrogen and oxygen atoms in total. The summed E-state index contributed by atoms with van der Waals surface area (Å²) in [4.78, 5) is 8.65. The van der Waals surface area contributed by atoms with E-state index in [-0.39, 0.29) is 0 Å². The number of hydrogen-bond donors (Lipinski definition) is 2. The summed E-state index contributed by atoms with van der Waals surface area (Å²) in [6, 6.07) is 7.86. The molecule has 2 N–H and O–H groups in total. The largest absolute Gasteiger partial charge is 0.491 e. The maximum absolute atomic E-state index is 5.93. The van der Waals surface area contributed by atoms with Crippen LogP contribution in [-0.2, 0) is 0 Å². The smallest absolute Gasteiger partial charge is 0.157 e. The van der Waals surface area contributed by atoms with Crippen molar-refractivity contribution >= 4 is 17.2 Å². The number of nitrogens with zero attached hydrogens (tertiary/aromatic N) is 5. The molecule has 0 atom stereocenters. The molecule has 0 spiro atoms. The molecule has 28 heavy (non-hydrogen) atoms. The lowest BCUT2D eigenvalue weighted by Gasteiger charge is -2.34. The molecule has 1 fully saturated rings. The number of anilines is 2. The van der Waals surface area contributed by atoms with Gasteiger partial charge in [-0.25, -0.2) is 9.50 Å². The molecule has 4 aromatic heterocycles. The topological polar surface area (TPSA) is 93.0 Å². The molecular formula is C20H21N7O. The molecular weight excluding hydrogens is 354 g/mol. The summed E-state index contributed by atoms with van der Waals surface area (Å²) in [6.45, 7) is 2.70. The molecule has 0 amide bonds. The monoisotopic (exact) mass is 375 g/mol. The third-order valence-electron chi connectivity index (χ3n) is 5.28. The van der Waals surface area contributed by atoms with Crippen LogP contribution in [0.15, 0.2) is 49.1 Å². The number of aromatic nitrogens is 6. The summed E-state index contributed by atoms with van der Waals surface area (Å²) in [5.41, 5.74) is 3.00. The number of fused-ring (bicyclic) bond motifs is 1. The predicted molar refractivity (Wildman–Crippen MR) is 105 cm³/mol. The zero-order valence-corrected chi connectivity index (χ0v) is 15.5. The van der Waals surface area contributed by atoms with Crippen molar-refractivity contribution < 1.29 is 4.74 Å². The average Bonchev–Trinajstić information content (AvgIpc) is 3.32. The number of pyridine rings is 1. The lowest BCUT2D eigenvalue weighted by Crippen LogP contribution is -2.27. The van der Waals surface area contributed by atoms with Crippen LogP contribution >= 0.6 is 0 Å². The lowest BCUT2D eigenvalue weighted by atomic mass is 9.74. The van der Waals surface area contributed by atoms with Crippen molar-refractivity contribution in [2.45, 2.75) is 25.7 Å². The maximum Gasteiger partial charge on any atom is 0.157 e. The fourth-order valence-corrected chi connectivity index (χ4v) is 3.64. The van der Waals surface area contributed by atoms with Crippen LogP contribution in [0.25, 0.3) is 5.52 Å². The van der Waals surface area contributed by atoms with E-state index in [9.17, 15) is 0 Å². The summed E-state index contributed by atoms with van der Waals surface area (Å²) in [6.07, 6.45) is 9.27. The van der Waals surface area contributed by atoms with Gasteiger partial charge in [-0.15, -0.1) is 0 Å². The van der Waals surface area contributed by atoms with Gasteiger partial charge in [0.1, 0.15) is 11.3 Å². The van der Waals surface area contributed by atoms with E-state index >= 15 is 0 Å². The van der Waals surface area contributed by atoms with Gasteiger partial charge in [0.2, 0.25) is 0 Å². The van der Waals surface area contributed by atoms with Crippen LogP contribution in [0.1, 0.15) is 30.1 Å². The highest BCUT2D eigenvalue weighted by Gasteiger charge is 2.32. The van der Waals surface area contributed by atoms with Gasteiger partial charge in [-0.1, -0.05) is 0 Å². The highest BCUT2D eigenvalue weighted by atomic mass is 16.5. The number of ether oxygens (including phenoxy) is 1. The molecule has 8 heteroatoms. The Hall–Kier alpha value is -3.42. The van der Waals surface area contributed by atoms with Crippen molar-refractivity contribution in [1.29, 1.82) is 0 Å². The zero-order chi connectivity index (χ0) is 18.9. The van der Waals surface area contributed by atoms with E-state index in [1.54, 1.807) is 23.1 Å². The second-order valence-corrected chi connectivity index (χ2v) is 7.20. The summed E-state index contributed by atoms with van der Waals surface area (Å²) >= 11 is 0. The molecule has 0 bridgehead atoms. The number of hydrogen-bond acceptors (Lipinski definition) is 6. The van der Waals surface area contributed by atoms with Gasteiger partial charge in [0.05, 0.1) is 18.5 Å². The Kier molecular flexibility index (Phi) is 4.16. The first-order valence-electron chi connectivity index (χ1n) is 9.41. The van der Waals surface area contributed by atoms with E-state index in [1.807, 2.05) is 31.3 Å². The number of aryl methyl sites for hydroxylation is 1. The van der Waals surface area contributed by atoms with E-state index in [0.29, 0.717) is 11.8 Å². The highest BCUT2D eigenvalue weighted by molar-refractivity contribution is 5.71. The Morgan fingerprint density at radius 1 is 1.21 bits per heavy atom. The van der Waals surface area contributed by atoms with Crippen LogP contribution in [0.4, 0.5) is 11.6 Å². The molecule has 0 saturated heterocycles. The van der Waals surface area contributed by atoms with Crippen molar-refractivity contribution in [3.63, 3.8) is 0 Å². The van der Waals surface area contributed by atoms with Crippen molar-refractivity contribution in [1.82, 2.24) is 29.8 Å². The summed E-state index contributed by atoms with van der Waals surface area (Å²) < 4.78 is 7.71. The van der Waals surface area contributed by atoms with Gasteiger partial charge >= 0.3 is 0 Å². The maximum atomic E-state index is 5.93. The molecule has 0 radical (unpaired) electrons. The van der Waals surface area contributed by atoms with Gasteiger partial charge in [0, 0.05) is 36.3 Å². The van der Waals surface area contributed by atoms with E-state index in [2.05, 4.69) is 36.6 Å². The standard InChI is InChI=1S/C20H21N7O/c1-13-18(3-2-5-21-13)28-12-14-9-15(10-14)16-11-19(26-25-16)24-20-17-4-6-23-27(17)8-7-22-20/h2-8,11,14-15H,9-10,12H2,1H3,(H2,22,24,25,26). The zero-order valence-electron chi connectivity index (χ0n) is 15.5. The summed E-state index contributed by atoms with van der Waals surface area (Å²) in [7, 11) is 0. The van der Waals surface area contributed by atoms with Crippen LogP contribution < -0.4 is 10.1 Å².